The second-order valence-electron chi connectivity index (χ2n) is 18.2. The van der Waals surface area contributed by atoms with Crippen molar-refractivity contribution < 1.29 is 0 Å². The lowest BCUT2D eigenvalue weighted by atomic mass is 9.43. The molecule has 0 saturated heterocycles. The maximum absolute atomic E-state index is 5.18. The summed E-state index contributed by atoms with van der Waals surface area (Å²) in [5.74, 6) is 6.78. The van der Waals surface area contributed by atoms with Gasteiger partial charge in [-0.05, 0) is 102 Å². The second-order valence-corrected chi connectivity index (χ2v) is 18.2. The Hall–Kier alpha value is -7.51. The van der Waals surface area contributed by atoms with Gasteiger partial charge in [-0.3, -0.25) is 4.98 Å². The number of fused-ring (bicyclic) bond motifs is 3. The highest BCUT2D eigenvalue weighted by atomic mass is 15.0. The maximum Gasteiger partial charge on any atom is 0.165 e. The first-order valence-corrected chi connectivity index (χ1v) is 22.6. The molecule has 4 fully saturated rings. The van der Waals surface area contributed by atoms with E-state index in [0.717, 1.165) is 56.5 Å². The van der Waals surface area contributed by atoms with Gasteiger partial charge >= 0.3 is 0 Å². The van der Waals surface area contributed by atoms with Crippen LogP contribution in [0.2, 0.25) is 0 Å². The average Bonchev–Trinajstić information content (AvgIpc) is 3.65. The van der Waals surface area contributed by atoms with E-state index in [1.54, 1.807) is 0 Å². The summed E-state index contributed by atoms with van der Waals surface area (Å²) in [6.07, 6.45) is 8.47. The smallest absolute Gasteiger partial charge is 0.165 e. The Bertz CT molecular complexity index is 3070. The van der Waals surface area contributed by atoms with Crippen molar-refractivity contribution in [3.63, 3.8) is 0 Å². The largest absolute Gasteiger partial charge is 0.255 e. The van der Waals surface area contributed by atoms with Gasteiger partial charge in [0.05, 0.1) is 5.69 Å². The number of hydrogen-bond donors (Lipinski definition) is 0. The first-order chi connectivity index (χ1) is 31.6. The van der Waals surface area contributed by atoms with Crippen LogP contribution < -0.4 is 0 Å². The minimum atomic E-state index is -0.0752. The Kier molecular flexibility index (Phi) is 8.58. The van der Waals surface area contributed by atoms with Crippen LogP contribution in [-0.4, -0.2) is 34.9 Å². The van der Waals surface area contributed by atoms with Gasteiger partial charge < -0.3 is 0 Å². The highest BCUT2D eigenvalue weighted by Gasteiger charge is 2.61. The summed E-state index contributed by atoms with van der Waals surface area (Å²) in [6, 6.07) is 59.2. The van der Waals surface area contributed by atoms with Crippen molar-refractivity contribution in [1.29, 1.82) is 0 Å². The molecule has 0 unspecified atom stereocenters. The van der Waals surface area contributed by atoms with Crippen molar-refractivity contribution in [2.45, 2.75) is 37.5 Å². The van der Waals surface area contributed by atoms with Crippen LogP contribution in [0.5, 0.6) is 0 Å². The van der Waals surface area contributed by atoms with Crippen molar-refractivity contribution in [2.24, 2.45) is 23.7 Å². The third-order valence-corrected chi connectivity index (χ3v) is 14.6. The fraction of sp³-hybridized carbons (Fsp3) is 0.175. The molecule has 4 saturated carbocycles. The molecule has 4 bridgehead atoms. The van der Waals surface area contributed by atoms with Crippen LogP contribution in [0, 0.1) is 23.7 Å². The minimum Gasteiger partial charge on any atom is -0.255 e. The van der Waals surface area contributed by atoms with Gasteiger partial charge in [-0.15, -0.1) is 0 Å². The lowest BCUT2D eigenvalue weighted by Crippen LogP contribution is -2.55. The van der Waals surface area contributed by atoms with Crippen LogP contribution in [0.3, 0.4) is 0 Å². The topological polar surface area (TPSA) is 90.2 Å². The van der Waals surface area contributed by atoms with Gasteiger partial charge in [0.1, 0.15) is 0 Å². The fourth-order valence-corrected chi connectivity index (χ4v) is 12.1. The summed E-state index contributed by atoms with van der Waals surface area (Å²) >= 11 is 0. The molecule has 9 aromatic rings. The molecule has 6 aromatic carbocycles. The monoisotopic (exact) mass is 825 g/mol. The second kappa shape index (κ2) is 14.8. The molecule has 5 aliphatic rings. The Labute approximate surface area is 372 Å². The quantitative estimate of drug-likeness (QED) is 0.158. The third kappa shape index (κ3) is 6.05. The zero-order valence-corrected chi connectivity index (χ0v) is 35.2. The van der Waals surface area contributed by atoms with Gasteiger partial charge in [-0.1, -0.05) is 146 Å². The van der Waals surface area contributed by atoms with Crippen molar-refractivity contribution in [3.05, 3.63) is 187 Å². The van der Waals surface area contributed by atoms with Crippen molar-refractivity contribution in [2.75, 3.05) is 0 Å². The van der Waals surface area contributed by atoms with E-state index in [9.17, 15) is 0 Å². The third-order valence-electron chi connectivity index (χ3n) is 14.6. The van der Waals surface area contributed by atoms with Crippen LogP contribution in [-0.2, 0) is 5.41 Å². The van der Waals surface area contributed by atoms with E-state index in [4.69, 9.17) is 34.9 Å². The molecule has 0 amide bonds. The minimum absolute atomic E-state index is 0.0752. The van der Waals surface area contributed by atoms with Crippen LogP contribution >= 0.6 is 0 Å². The van der Waals surface area contributed by atoms with Crippen LogP contribution in [0.15, 0.2) is 176 Å². The highest BCUT2D eigenvalue weighted by Crippen LogP contribution is 2.69. The summed E-state index contributed by atoms with van der Waals surface area (Å²) < 4.78 is 0. The highest BCUT2D eigenvalue weighted by molar-refractivity contribution is 5.86. The zero-order valence-electron chi connectivity index (χ0n) is 35.2. The summed E-state index contributed by atoms with van der Waals surface area (Å²) in [5, 5.41) is 0. The number of aromatic nitrogens is 7. The van der Waals surface area contributed by atoms with Gasteiger partial charge in [-0.25, -0.2) is 29.9 Å². The average molecular weight is 826 g/mol. The van der Waals surface area contributed by atoms with Crippen LogP contribution in [0.25, 0.3) is 90.7 Å². The van der Waals surface area contributed by atoms with Crippen molar-refractivity contribution >= 4 is 0 Å². The Morgan fingerprint density at radius 2 is 0.688 bits per heavy atom. The SMILES string of the molecule is c1ccc(-c2nc(-c3ccccc3)nc(-c3ccc(-c4ccc5c(c4)C4(c6cc(-c7nc(-c8ccccc8)nc(-c8ccccc8)n7)ccc6-5)C5CC6CC(C5)CC4C6)nc3)n2)cc1. The predicted molar refractivity (Wildman–Crippen MR) is 252 cm³/mol. The lowest BCUT2D eigenvalue weighted by Gasteiger charge is -2.61. The molecule has 0 atom stereocenters. The number of benzene rings is 6. The molecular weight excluding hydrogens is 783 g/mol. The van der Waals surface area contributed by atoms with Crippen molar-refractivity contribution in [3.8, 4) is 90.7 Å². The van der Waals surface area contributed by atoms with E-state index in [-0.39, 0.29) is 5.41 Å². The van der Waals surface area contributed by atoms with Gasteiger partial charge in [0.25, 0.3) is 0 Å². The molecular formula is C57H43N7. The number of pyridine rings is 1. The number of nitrogens with zero attached hydrogens (tertiary/aromatic N) is 7. The molecule has 0 N–H and O–H groups in total. The molecule has 306 valence electrons. The molecule has 3 aromatic heterocycles. The fourth-order valence-electron chi connectivity index (χ4n) is 12.1. The molecule has 3 heterocycles. The van der Waals surface area contributed by atoms with E-state index >= 15 is 0 Å². The maximum atomic E-state index is 5.18. The molecule has 14 rings (SSSR count). The number of rotatable bonds is 7. The normalized spacial score (nSPS) is 21.2. The molecule has 0 aliphatic heterocycles. The summed E-state index contributed by atoms with van der Waals surface area (Å²) in [7, 11) is 0. The Morgan fingerprint density at radius 1 is 0.328 bits per heavy atom. The van der Waals surface area contributed by atoms with Gasteiger partial charge in [-0.2, -0.15) is 0 Å². The number of hydrogen-bond acceptors (Lipinski definition) is 7. The van der Waals surface area contributed by atoms with Gasteiger partial charge in [0.2, 0.25) is 0 Å². The molecule has 1 spiro atoms. The molecule has 7 heteroatoms. The Morgan fingerprint density at radius 3 is 1.09 bits per heavy atom. The van der Waals surface area contributed by atoms with E-state index in [1.165, 1.54) is 54.4 Å². The summed E-state index contributed by atoms with van der Waals surface area (Å²) in [4.78, 5) is 35.3. The van der Waals surface area contributed by atoms with Crippen LogP contribution in [0.1, 0.15) is 43.2 Å². The predicted octanol–water partition coefficient (Wildman–Crippen LogP) is 12.8. The van der Waals surface area contributed by atoms with Crippen molar-refractivity contribution in [1.82, 2.24) is 34.9 Å². The lowest BCUT2D eigenvalue weighted by molar-refractivity contribution is -0.0399. The molecule has 5 aliphatic carbocycles. The molecule has 7 nitrogen and oxygen atoms in total. The zero-order chi connectivity index (χ0) is 42.2. The molecule has 0 radical (unpaired) electrons. The summed E-state index contributed by atoms with van der Waals surface area (Å²) in [6.45, 7) is 0. The first-order valence-electron chi connectivity index (χ1n) is 22.6. The van der Waals surface area contributed by atoms with E-state index in [1.807, 2.05) is 103 Å². The van der Waals surface area contributed by atoms with E-state index < -0.39 is 0 Å². The van der Waals surface area contributed by atoms with Gasteiger partial charge in [0, 0.05) is 50.6 Å². The Balaban J connectivity index is 0.912. The van der Waals surface area contributed by atoms with E-state index in [0.29, 0.717) is 46.8 Å². The summed E-state index contributed by atoms with van der Waals surface area (Å²) in [5.41, 5.74) is 13.4. The molecule has 64 heavy (non-hydrogen) atoms. The van der Waals surface area contributed by atoms with Gasteiger partial charge in [0.15, 0.2) is 34.9 Å². The standard InChI is InChI=1S/C57H43N7/c1-5-13-37(14-6-1)51-59-52(38-15-7-2-8-16-38)62-55(61-51)42-22-25-47-46-24-21-41(32-48(46)57(49(47)33-42)44-28-35-27-36(30-44)31-45(57)29-35)50-26-23-43(34-58-50)56-63-53(39-17-9-3-10-18-39)60-54(64-56)40-19-11-4-12-20-40/h1-26,32-36,44-45H,27-31H2. The van der Waals surface area contributed by atoms with E-state index in [2.05, 4.69) is 72.8 Å². The first kappa shape index (κ1) is 37.1. The van der Waals surface area contributed by atoms with Crippen LogP contribution in [0.4, 0.5) is 0 Å².